The molecule has 0 bridgehead atoms. The van der Waals surface area contributed by atoms with Gasteiger partial charge in [-0.15, -0.1) is 11.3 Å². The molecule has 0 spiro atoms. The quantitative estimate of drug-likeness (QED) is 0.808. The summed E-state index contributed by atoms with van der Waals surface area (Å²) in [5.74, 6) is 0. The largest absolute Gasteiger partial charge is 0.248 e. The molecule has 0 fully saturated rings. The number of hydrogen-bond acceptors (Lipinski definition) is 3. The molecule has 2 aromatic rings. The second-order valence-electron chi connectivity index (χ2n) is 3.04. The lowest BCUT2D eigenvalue weighted by atomic mass is 10.2. The minimum atomic E-state index is -3.59. The number of rotatable bonds is 1. The predicted molar refractivity (Wildman–Crippen MR) is 57.9 cm³/mol. The summed E-state index contributed by atoms with van der Waals surface area (Å²) in [7, 11) is -3.59. The highest BCUT2D eigenvalue weighted by Gasteiger charge is 2.16. The minimum absolute atomic E-state index is 0.255. The Morgan fingerprint density at radius 1 is 1.21 bits per heavy atom. The highest BCUT2D eigenvalue weighted by atomic mass is 32.2. The lowest BCUT2D eigenvalue weighted by Crippen LogP contribution is -2.10. The zero-order chi connectivity index (χ0) is 10.3. The summed E-state index contributed by atoms with van der Waals surface area (Å²) in [6, 6.07) is 7.37. The molecule has 1 heterocycles. The van der Waals surface area contributed by atoms with Crippen LogP contribution in [0, 0.1) is 6.92 Å². The normalized spacial score (nSPS) is 12.1. The Morgan fingerprint density at radius 3 is 2.36 bits per heavy atom. The number of sulfonamides is 1. The van der Waals surface area contributed by atoms with Crippen molar-refractivity contribution >= 4 is 32.1 Å². The van der Waals surface area contributed by atoms with Gasteiger partial charge >= 0.3 is 0 Å². The summed E-state index contributed by atoms with van der Waals surface area (Å²) < 4.78 is 22.8. The van der Waals surface area contributed by atoms with Crippen LogP contribution in [0.4, 0.5) is 0 Å². The lowest BCUT2D eigenvalue weighted by Gasteiger charge is -1.93. The van der Waals surface area contributed by atoms with Crippen LogP contribution in [-0.2, 0) is 10.0 Å². The fraction of sp³-hybridized carbons (Fsp3) is 0.111. The fourth-order valence-electron chi connectivity index (χ4n) is 1.43. The highest BCUT2D eigenvalue weighted by Crippen LogP contribution is 2.32. The molecule has 0 aliphatic heterocycles. The maximum Gasteiger partial charge on any atom is 0.248 e. The summed E-state index contributed by atoms with van der Waals surface area (Å²) in [5, 5.41) is 6.80. The first-order valence-electron chi connectivity index (χ1n) is 4.01. The van der Waals surface area contributed by atoms with Crippen molar-refractivity contribution in [3.63, 3.8) is 0 Å². The average molecular weight is 227 g/mol. The molecule has 0 saturated heterocycles. The van der Waals surface area contributed by atoms with Gasteiger partial charge in [-0.1, -0.05) is 24.3 Å². The first kappa shape index (κ1) is 9.64. The topological polar surface area (TPSA) is 60.2 Å². The van der Waals surface area contributed by atoms with E-state index in [1.807, 2.05) is 25.1 Å². The van der Waals surface area contributed by atoms with E-state index < -0.39 is 10.0 Å². The molecule has 0 atom stereocenters. The third kappa shape index (κ3) is 1.43. The number of aryl methyl sites for hydroxylation is 1. The third-order valence-corrected chi connectivity index (χ3v) is 4.65. The Hall–Kier alpha value is -0.910. The molecule has 0 radical (unpaired) electrons. The van der Waals surface area contributed by atoms with Gasteiger partial charge in [-0.05, 0) is 12.3 Å². The van der Waals surface area contributed by atoms with Crippen molar-refractivity contribution in [2.75, 3.05) is 0 Å². The van der Waals surface area contributed by atoms with E-state index in [-0.39, 0.29) is 4.21 Å². The van der Waals surface area contributed by atoms with E-state index in [9.17, 15) is 8.42 Å². The van der Waals surface area contributed by atoms with Crippen molar-refractivity contribution in [3.05, 3.63) is 29.1 Å². The van der Waals surface area contributed by atoms with E-state index in [1.165, 1.54) is 11.3 Å². The van der Waals surface area contributed by atoms with Gasteiger partial charge in [0.05, 0.1) is 0 Å². The maximum atomic E-state index is 11.2. The van der Waals surface area contributed by atoms with Gasteiger partial charge in [0, 0.05) is 10.3 Å². The van der Waals surface area contributed by atoms with Gasteiger partial charge in [0.2, 0.25) is 10.0 Å². The number of primary sulfonamides is 1. The molecule has 2 N–H and O–H groups in total. The molecule has 1 aromatic heterocycles. The molecule has 14 heavy (non-hydrogen) atoms. The van der Waals surface area contributed by atoms with Gasteiger partial charge in [-0.2, -0.15) is 0 Å². The Balaban J connectivity index is 2.93. The smallest absolute Gasteiger partial charge is 0.224 e. The zero-order valence-electron chi connectivity index (χ0n) is 7.52. The number of nitrogens with two attached hydrogens (primary N) is 1. The van der Waals surface area contributed by atoms with Crippen molar-refractivity contribution in [1.82, 2.24) is 0 Å². The average Bonchev–Trinajstić information content (AvgIpc) is 2.44. The summed E-state index contributed by atoms with van der Waals surface area (Å²) in [5.41, 5.74) is 0. The number of thiophene rings is 1. The van der Waals surface area contributed by atoms with Crippen LogP contribution in [0.5, 0.6) is 0 Å². The third-order valence-electron chi connectivity index (χ3n) is 2.03. The summed E-state index contributed by atoms with van der Waals surface area (Å²) in [4.78, 5) is 0.977. The molecule has 0 saturated carbocycles. The fourth-order valence-corrected chi connectivity index (χ4v) is 3.61. The second-order valence-corrected chi connectivity index (χ2v) is 6.02. The molecule has 0 amide bonds. The molecule has 5 heteroatoms. The summed E-state index contributed by atoms with van der Waals surface area (Å²) >= 11 is 1.22. The first-order chi connectivity index (χ1) is 6.50. The molecule has 0 aliphatic carbocycles. The molecule has 74 valence electrons. The monoisotopic (exact) mass is 227 g/mol. The molecular formula is C9H9NO2S2. The minimum Gasteiger partial charge on any atom is -0.224 e. The predicted octanol–water partition coefficient (Wildman–Crippen LogP) is 1.86. The van der Waals surface area contributed by atoms with Crippen molar-refractivity contribution < 1.29 is 8.42 Å². The van der Waals surface area contributed by atoms with Crippen LogP contribution >= 0.6 is 11.3 Å². The van der Waals surface area contributed by atoms with Gasteiger partial charge in [0.15, 0.2) is 0 Å². The number of fused-ring (bicyclic) bond motifs is 1. The van der Waals surface area contributed by atoms with E-state index >= 15 is 0 Å². The van der Waals surface area contributed by atoms with Crippen LogP contribution in [0.15, 0.2) is 28.5 Å². The van der Waals surface area contributed by atoms with Gasteiger partial charge in [-0.3, -0.25) is 0 Å². The van der Waals surface area contributed by atoms with E-state index in [2.05, 4.69) is 0 Å². The van der Waals surface area contributed by atoms with Crippen molar-refractivity contribution in [1.29, 1.82) is 0 Å². The SMILES string of the molecule is Cc1sc(S(N)(=O)=O)c2ccccc12. The van der Waals surface area contributed by atoms with Crippen LogP contribution in [0.3, 0.4) is 0 Å². The number of hydrogen-bond donors (Lipinski definition) is 1. The maximum absolute atomic E-state index is 11.2. The van der Waals surface area contributed by atoms with E-state index in [0.717, 1.165) is 15.6 Å². The molecular weight excluding hydrogens is 218 g/mol. The number of benzene rings is 1. The Bertz CT molecular complexity index is 584. The highest BCUT2D eigenvalue weighted by molar-refractivity contribution is 7.91. The lowest BCUT2D eigenvalue weighted by molar-refractivity contribution is 0.600. The van der Waals surface area contributed by atoms with Crippen LogP contribution < -0.4 is 5.14 Å². The molecule has 1 aromatic carbocycles. The van der Waals surface area contributed by atoms with Gasteiger partial charge in [0.1, 0.15) is 4.21 Å². The molecule has 0 unspecified atom stereocenters. The van der Waals surface area contributed by atoms with E-state index in [0.29, 0.717) is 0 Å². The summed E-state index contributed by atoms with van der Waals surface area (Å²) in [6.07, 6.45) is 0. The van der Waals surface area contributed by atoms with E-state index in [4.69, 9.17) is 5.14 Å². The standard InChI is InChI=1S/C9H9NO2S2/c1-6-7-4-2-3-5-8(7)9(13-6)14(10,11)12/h2-5H,1H3,(H2,10,11,12). The van der Waals surface area contributed by atoms with Crippen LogP contribution in [0.25, 0.3) is 10.8 Å². The van der Waals surface area contributed by atoms with Crippen LogP contribution in [-0.4, -0.2) is 8.42 Å². The van der Waals surface area contributed by atoms with Crippen molar-refractivity contribution in [3.8, 4) is 0 Å². The molecule has 3 nitrogen and oxygen atoms in total. The van der Waals surface area contributed by atoms with Gasteiger partial charge in [-0.25, -0.2) is 13.6 Å². The van der Waals surface area contributed by atoms with E-state index in [1.54, 1.807) is 6.07 Å². The Morgan fingerprint density at radius 2 is 1.79 bits per heavy atom. The summed E-state index contributed by atoms with van der Waals surface area (Å²) in [6.45, 7) is 1.89. The van der Waals surface area contributed by atoms with Crippen LogP contribution in [0.1, 0.15) is 4.88 Å². The Labute approximate surface area is 86.2 Å². The van der Waals surface area contributed by atoms with Gasteiger partial charge < -0.3 is 0 Å². The molecule has 2 rings (SSSR count). The zero-order valence-corrected chi connectivity index (χ0v) is 9.15. The molecule has 0 aliphatic rings. The van der Waals surface area contributed by atoms with Gasteiger partial charge in [0.25, 0.3) is 0 Å². The van der Waals surface area contributed by atoms with Crippen LogP contribution in [0.2, 0.25) is 0 Å². The van der Waals surface area contributed by atoms with Crippen molar-refractivity contribution in [2.45, 2.75) is 11.1 Å². The first-order valence-corrected chi connectivity index (χ1v) is 6.37. The Kier molecular flexibility index (Phi) is 2.10. The second kappa shape index (κ2) is 3.05. The van der Waals surface area contributed by atoms with Crippen molar-refractivity contribution in [2.24, 2.45) is 5.14 Å².